The average molecular weight is 364 g/mol. The van der Waals surface area contributed by atoms with Crippen LogP contribution in [0.4, 0.5) is 9.52 Å². The number of nitrogens with one attached hydrogen (secondary N) is 1. The fourth-order valence-electron chi connectivity index (χ4n) is 3.14. The zero-order valence-corrected chi connectivity index (χ0v) is 15.6. The number of benzene rings is 1. The Kier molecular flexibility index (Phi) is 6.34. The van der Waals surface area contributed by atoms with Gasteiger partial charge < -0.3 is 10.1 Å². The Bertz CT molecular complexity index is 653. The molecule has 1 fully saturated rings. The van der Waals surface area contributed by atoms with Crippen LogP contribution in [0.15, 0.2) is 24.3 Å². The molecule has 0 bridgehead atoms. The molecule has 1 aliphatic heterocycles. The molecule has 2 atom stereocenters. The van der Waals surface area contributed by atoms with Crippen molar-refractivity contribution in [2.24, 2.45) is 0 Å². The molecular formula is C18H25FN4OS. The van der Waals surface area contributed by atoms with Crippen molar-refractivity contribution in [2.75, 3.05) is 31.5 Å². The molecule has 5 nitrogen and oxygen atoms in total. The van der Waals surface area contributed by atoms with E-state index in [0.717, 1.165) is 48.3 Å². The summed E-state index contributed by atoms with van der Waals surface area (Å²) in [7, 11) is 0. The van der Waals surface area contributed by atoms with Gasteiger partial charge in [0.1, 0.15) is 10.8 Å². The second-order valence-corrected chi connectivity index (χ2v) is 7.66. The molecular weight excluding hydrogens is 339 g/mol. The third kappa shape index (κ3) is 5.73. The molecule has 2 unspecified atom stereocenters. The molecule has 0 saturated carbocycles. The summed E-state index contributed by atoms with van der Waals surface area (Å²) >= 11 is 1.56. The fraction of sp³-hybridized carbons (Fsp3) is 0.556. The smallest absolute Gasteiger partial charge is 0.205 e. The lowest BCUT2D eigenvalue weighted by Gasteiger charge is -2.35. The van der Waals surface area contributed by atoms with Crippen LogP contribution in [-0.4, -0.2) is 53.5 Å². The van der Waals surface area contributed by atoms with Crippen molar-refractivity contribution in [1.82, 2.24) is 15.1 Å². The fourth-order valence-corrected chi connectivity index (χ4v) is 3.94. The Morgan fingerprint density at radius 3 is 2.64 bits per heavy atom. The summed E-state index contributed by atoms with van der Waals surface area (Å²) in [6.07, 6.45) is 2.37. The number of anilines is 1. The van der Waals surface area contributed by atoms with Crippen molar-refractivity contribution in [2.45, 2.75) is 38.9 Å². The van der Waals surface area contributed by atoms with Crippen molar-refractivity contribution in [3.8, 4) is 0 Å². The summed E-state index contributed by atoms with van der Waals surface area (Å²) < 4.78 is 18.7. The SMILES string of the molecule is CC1CN(CCCNc2nnc(Cc3ccc(F)cc3)s2)CC(C)O1. The van der Waals surface area contributed by atoms with E-state index in [0.29, 0.717) is 18.6 Å². The van der Waals surface area contributed by atoms with E-state index >= 15 is 0 Å². The van der Waals surface area contributed by atoms with Gasteiger partial charge in [0.05, 0.1) is 12.2 Å². The predicted octanol–water partition coefficient (Wildman–Crippen LogP) is 3.18. The van der Waals surface area contributed by atoms with Gasteiger partial charge in [0.2, 0.25) is 5.13 Å². The largest absolute Gasteiger partial charge is 0.373 e. The number of aromatic nitrogens is 2. The molecule has 136 valence electrons. The summed E-state index contributed by atoms with van der Waals surface area (Å²) in [5, 5.41) is 13.5. The lowest BCUT2D eigenvalue weighted by atomic mass is 10.2. The van der Waals surface area contributed by atoms with Crippen LogP contribution < -0.4 is 5.32 Å². The van der Waals surface area contributed by atoms with E-state index < -0.39 is 0 Å². The van der Waals surface area contributed by atoms with Gasteiger partial charge in [0.15, 0.2) is 0 Å². The van der Waals surface area contributed by atoms with Crippen LogP contribution >= 0.6 is 11.3 Å². The summed E-state index contributed by atoms with van der Waals surface area (Å²) in [4.78, 5) is 2.46. The summed E-state index contributed by atoms with van der Waals surface area (Å²) in [5.41, 5.74) is 1.04. The minimum Gasteiger partial charge on any atom is -0.373 e. The van der Waals surface area contributed by atoms with Crippen molar-refractivity contribution in [3.05, 3.63) is 40.7 Å². The summed E-state index contributed by atoms with van der Waals surface area (Å²) in [6, 6.07) is 6.52. The van der Waals surface area contributed by atoms with E-state index in [1.54, 1.807) is 23.5 Å². The highest BCUT2D eigenvalue weighted by Crippen LogP contribution is 2.19. The molecule has 0 amide bonds. The quantitative estimate of drug-likeness (QED) is 0.765. The first kappa shape index (κ1) is 18.2. The van der Waals surface area contributed by atoms with E-state index in [9.17, 15) is 4.39 Å². The molecule has 0 aliphatic carbocycles. The van der Waals surface area contributed by atoms with Crippen LogP contribution in [0.2, 0.25) is 0 Å². The topological polar surface area (TPSA) is 50.3 Å². The third-order valence-electron chi connectivity index (χ3n) is 4.16. The lowest BCUT2D eigenvalue weighted by molar-refractivity contribution is -0.0678. The predicted molar refractivity (Wildman–Crippen MR) is 98.7 cm³/mol. The molecule has 1 saturated heterocycles. The standard InChI is InChI=1S/C18H25FN4OS/c1-13-11-23(12-14(2)24-13)9-3-8-20-18-22-21-17(25-18)10-15-4-6-16(19)7-5-15/h4-7,13-14H,3,8-12H2,1-2H3,(H,20,22). The Morgan fingerprint density at radius 2 is 1.92 bits per heavy atom. The number of hydrogen-bond donors (Lipinski definition) is 1. The first-order valence-corrected chi connectivity index (χ1v) is 9.58. The normalized spacial score (nSPS) is 21.4. The minimum atomic E-state index is -0.215. The van der Waals surface area contributed by atoms with Crippen LogP contribution in [0.5, 0.6) is 0 Å². The zero-order valence-electron chi connectivity index (χ0n) is 14.7. The number of nitrogens with zero attached hydrogens (tertiary/aromatic N) is 3. The van der Waals surface area contributed by atoms with E-state index in [1.807, 2.05) is 0 Å². The van der Waals surface area contributed by atoms with Crippen molar-refractivity contribution in [3.63, 3.8) is 0 Å². The minimum absolute atomic E-state index is 0.215. The maximum atomic E-state index is 12.9. The number of ether oxygens (including phenoxy) is 1. The zero-order chi connectivity index (χ0) is 17.6. The molecule has 2 aromatic rings. The van der Waals surface area contributed by atoms with E-state index in [4.69, 9.17) is 4.74 Å². The molecule has 1 aromatic heterocycles. The van der Waals surface area contributed by atoms with Crippen LogP contribution in [-0.2, 0) is 11.2 Å². The molecule has 25 heavy (non-hydrogen) atoms. The van der Waals surface area contributed by atoms with E-state index in [2.05, 4.69) is 34.3 Å². The molecule has 1 N–H and O–H groups in total. The molecule has 7 heteroatoms. The van der Waals surface area contributed by atoms with E-state index in [1.165, 1.54) is 12.1 Å². The Morgan fingerprint density at radius 1 is 1.20 bits per heavy atom. The molecule has 2 heterocycles. The number of morpholine rings is 1. The molecule has 3 rings (SSSR count). The summed E-state index contributed by atoms with van der Waals surface area (Å²) in [5.74, 6) is -0.215. The van der Waals surface area contributed by atoms with Crippen molar-refractivity contribution < 1.29 is 9.13 Å². The maximum absolute atomic E-state index is 12.9. The van der Waals surface area contributed by atoms with Gasteiger partial charge in [-0.15, -0.1) is 10.2 Å². The maximum Gasteiger partial charge on any atom is 0.205 e. The second-order valence-electron chi connectivity index (χ2n) is 6.60. The van der Waals surface area contributed by atoms with Gasteiger partial charge in [-0.25, -0.2) is 4.39 Å². The first-order chi connectivity index (χ1) is 12.1. The highest BCUT2D eigenvalue weighted by molar-refractivity contribution is 7.15. The number of rotatable bonds is 7. The van der Waals surface area contributed by atoms with Gasteiger partial charge in [-0.05, 0) is 38.0 Å². The average Bonchev–Trinajstić information content (AvgIpc) is 3.00. The molecule has 0 spiro atoms. The van der Waals surface area contributed by atoms with Gasteiger partial charge in [-0.2, -0.15) is 0 Å². The van der Waals surface area contributed by atoms with Crippen molar-refractivity contribution in [1.29, 1.82) is 0 Å². The molecule has 1 aromatic carbocycles. The van der Waals surface area contributed by atoms with E-state index in [-0.39, 0.29) is 5.82 Å². The Balaban J connectivity index is 1.39. The van der Waals surface area contributed by atoms with Gasteiger partial charge in [0, 0.05) is 32.6 Å². The highest BCUT2D eigenvalue weighted by Gasteiger charge is 2.21. The van der Waals surface area contributed by atoms with Gasteiger partial charge in [-0.1, -0.05) is 23.5 Å². The molecule has 0 radical (unpaired) electrons. The van der Waals surface area contributed by atoms with Gasteiger partial charge in [-0.3, -0.25) is 4.90 Å². The van der Waals surface area contributed by atoms with Crippen LogP contribution in [0, 0.1) is 5.82 Å². The third-order valence-corrected chi connectivity index (χ3v) is 5.04. The van der Waals surface area contributed by atoms with Crippen molar-refractivity contribution >= 4 is 16.5 Å². The van der Waals surface area contributed by atoms with Crippen LogP contribution in [0.1, 0.15) is 30.8 Å². The Labute approximate surface area is 152 Å². The van der Waals surface area contributed by atoms with Crippen LogP contribution in [0.25, 0.3) is 0 Å². The second kappa shape index (κ2) is 8.69. The van der Waals surface area contributed by atoms with Gasteiger partial charge in [0.25, 0.3) is 0 Å². The monoisotopic (exact) mass is 364 g/mol. The number of hydrogen-bond acceptors (Lipinski definition) is 6. The first-order valence-electron chi connectivity index (χ1n) is 8.77. The summed E-state index contributed by atoms with van der Waals surface area (Å²) in [6.45, 7) is 8.21. The van der Waals surface area contributed by atoms with Crippen LogP contribution in [0.3, 0.4) is 0 Å². The van der Waals surface area contributed by atoms with Gasteiger partial charge >= 0.3 is 0 Å². The highest BCUT2D eigenvalue weighted by atomic mass is 32.1. The lowest BCUT2D eigenvalue weighted by Crippen LogP contribution is -2.45. The Hall–Kier alpha value is -1.57. The molecule has 1 aliphatic rings. The number of halogens is 1.